The van der Waals surface area contributed by atoms with Gasteiger partial charge in [0.1, 0.15) is 5.52 Å². The Labute approximate surface area is 132 Å². The van der Waals surface area contributed by atoms with Gasteiger partial charge in [0.15, 0.2) is 0 Å². The fraction of sp³-hybridized carbons (Fsp3) is 0.250. The smallest absolute Gasteiger partial charge is 0.269 e. The van der Waals surface area contributed by atoms with Gasteiger partial charge in [-0.25, -0.2) is 9.36 Å². The summed E-state index contributed by atoms with van der Waals surface area (Å²) in [5.41, 5.74) is 5.60. The van der Waals surface area contributed by atoms with Gasteiger partial charge < -0.3 is 0 Å². The van der Waals surface area contributed by atoms with E-state index in [1.165, 1.54) is 10.7 Å². The van der Waals surface area contributed by atoms with E-state index in [0.29, 0.717) is 12.2 Å². The van der Waals surface area contributed by atoms with E-state index in [9.17, 15) is 9.59 Å². The predicted octanol–water partition coefficient (Wildman–Crippen LogP) is 1.37. The maximum Gasteiger partial charge on any atom is 0.269 e. The van der Waals surface area contributed by atoms with Crippen LogP contribution in [0.15, 0.2) is 41.2 Å². The lowest BCUT2D eigenvalue weighted by Crippen LogP contribution is -2.34. The molecule has 0 unspecified atom stereocenters. The van der Waals surface area contributed by atoms with Crippen molar-refractivity contribution in [3.05, 3.63) is 58.0 Å². The lowest BCUT2D eigenvalue weighted by Gasteiger charge is -2.12. The summed E-state index contributed by atoms with van der Waals surface area (Å²) in [6.07, 6.45) is 0.201. The van der Waals surface area contributed by atoms with Gasteiger partial charge in [-0.2, -0.15) is 0 Å². The molecular formula is C16H17N5O2. The first-order valence-electron chi connectivity index (χ1n) is 7.33. The Kier molecular flexibility index (Phi) is 3.92. The van der Waals surface area contributed by atoms with E-state index in [1.807, 2.05) is 37.3 Å². The lowest BCUT2D eigenvalue weighted by molar-refractivity contribution is -0.117. The van der Waals surface area contributed by atoms with Crippen molar-refractivity contribution in [2.24, 2.45) is 0 Å². The van der Waals surface area contributed by atoms with E-state index in [1.54, 1.807) is 11.6 Å². The Bertz CT molecular complexity index is 926. The number of nitrogens with one attached hydrogen (secondary N) is 1. The first kappa shape index (κ1) is 15.0. The highest BCUT2D eigenvalue weighted by Gasteiger charge is 2.09. The number of benzene rings is 1. The predicted molar refractivity (Wildman–Crippen MR) is 86.7 cm³/mol. The average molecular weight is 311 g/mol. The van der Waals surface area contributed by atoms with Crippen LogP contribution in [0.3, 0.4) is 0 Å². The number of hydrogen-bond donors (Lipinski definition) is 1. The van der Waals surface area contributed by atoms with Gasteiger partial charge in [-0.05, 0) is 37.6 Å². The third-order valence-corrected chi connectivity index (χ3v) is 3.57. The molecule has 0 atom stereocenters. The molecule has 2 heterocycles. The second kappa shape index (κ2) is 6.04. The second-order valence-corrected chi connectivity index (χ2v) is 5.43. The van der Waals surface area contributed by atoms with Crippen LogP contribution < -0.4 is 11.0 Å². The van der Waals surface area contributed by atoms with Gasteiger partial charge in [0.25, 0.3) is 5.56 Å². The maximum absolute atomic E-state index is 12.1. The standard InChI is InChI=1S/C16H17N5O2/c1-11-9-12(2)21(16(23)10-11)18-15(22)7-8-20-14-6-4-3-5-13(14)17-19-20/h3-6,9-10H,7-8H2,1-2H3,(H,18,22). The van der Waals surface area contributed by atoms with Crippen molar-refractivity contribution in [2.75, 3.05) is 5.43 Å². The van der Waals surface area contributed by atoms with Gasteiger partial charge in [-0.3, -0.25) is 15.0 Å². The molecule has 1 amide bonds. The molecular weight excluding hydrogens is 294 g/mol. The zero-order chi connectivity index (χ0) is 16.4. The normalized spacial score (nSPS) is 10.9. The van der Waals surface area contributed by atoms with Crippen molar-refractivity contribution in [1.82, 2.24) is 19.7 Å². The van der Waals surface area contributed by atoms with Crippen LogP contribution >= 0.6 is 0 Å². The molecule has 0 spiro atoms. The molecule has 7 heteroatoms. The number of carbonyl (C=O) groups excluding carboxylic acids is 1. The van der Waals surface area contributed by atoms with Crippen LogP contribution in [0.2, 0.25) is 0 Å². The topological polar surface area (TPSA) is 81.8 Å². The van der Waals surface area contributed by atoms with E-state index >= 15 is 0 Å². The Morgan fingerprint density at radius 1 is 1.22 bits per heavy atom. The minimum absolute atomic E-state index is 0.201. The first-order chi connectivity index (χ1) is 11.0. The number of rotatable bonds is 4. The van der Waals surface area contributed by atoms with Crippen molar-refractivity contribution in [3.8, 4) is 0 Å². The minimum atomic E-state index is -0.251. The van der Waals surface area contributed by atoms with Crippen LogP contribution in [0.1, 0.15) is 17.7 Å². The first-order valence-corrected chi connectivity index (χ1v) is 7.33. The van der Waals surface area contributed by atoms with Gasteiger partial charge in [0, 0.05) is 18.2 Å². The van der Waals surface area contributed by atoms with Crippen molar-refractivity contribution in [3.63, 3.8) is 0 Å². The fourth-order valence-corrected chi connectivity index (χ4v) is 2.48. The molecule has 3 rings (SSSR count). The molecule has 0 aliphatic carbocycles. The minimum Gasteiger partial charge on any atom is -0.273 e. The summed E-state index contributed by atoms with van der Waals surface area (Å²) in [4.78, 5) is 24.0. The number of hydrogen-bond acceptors (Lipinski definition) is 4. The highest BCUT2D eigenvalue weighted by atomic mass is 16.2. The van der Waals surface area contributed by atoms with Gasteiger partial charge >= 0.3 is 0 Å². The number of carbonyl (C=O) groups is 1. The largest absolute Gasteiger partial charge is 0.273 e. The van der Waals surface area contributed by atoms with Crippen molar-refractivity contribution in [1.29, 1.82) is 0 Å². The summed E-state index contributed by atoms with van der Waals surface area (Å²) < 4.78 is 2.94. The van der Waals surface area contributed by atoms with Crippen molar-refractivity contribution in [2.45, 2.75) is 26.8 Å². The van der Waals surface area contributed by atoms with Crippen LogP contribution in [0.4, 0.5) is 0 Å². The van der Waals surface area contributed by atoms with E-state index < -0.39 is 0 Å². The van der Waals surface area contributed by atoms with Gasteiger partial charge in [0.05, 0.1) is 12.1 Å². The van der Waals surface area contributed by atoms with Gasteiger partial charge in [-0.1, -0.05) is 17.3 Å². The number of aromatic nitrogens is 4. The molecule has 118 valence electrons. The Hall–Kier alpha value is -2.96. The number of nitrogens with zero attached hydrogens (tertiary/aromatic N) is 4. The van der Waals surface area contributed by atoms with Crippen molar-refractivity contribution >= 4 is 16.9 Å². The lowest BCUT2D eigenvalue weighted by atomic mass is 10.2. The molecule has 7 nitrogen and oxygen atoms in total. The molecule has 0 saturated carbocycles. The highest BCUT2D eigenvalue weighted by molar-refractivity contribution is 5.83. The molecule has 1 aromatic carbocycles. The van der Waals surface area contributed by atoms with Crippen LogP contribution in [0.25, 0.3) is 11.0 Å². The maximum atomic E-state index is 12.1. The Balaban J connectivity index is 1.70. The molecule has 2 aromatic heterocycles. The number of fused-ring (bicyclic) bond motifs is 1. The quantitative estimate of drug-likeness (QED) is 0.789. The monoisotopic (exact) mass is 311 g/mol. The Morgan fingerprint density at radius 2 is 2.00 bits per heavy atom. The fourth-order valence-electron chi connectivity index (χ4n) is 2.48. The molecule has 0 saturated heterocycles. The molecule has 23 heavy (non-hydrogen) atoms. The third-order valence-electron chi connectivity index (χ3n) is 3.57. The molecule has 0 bridgehead atoms. The zero-order valence-corrected chi connectivity index (χ0v) is 13.0. The highest BCUT2D eigenvalue weighted by Crippen LogP contribution is 2.10. The van der Waals surface area contributed by atoms with Crippen LogP contribution in [-0.2, 0) is 11.3 Å². The zero-order valence-electron chi connectivity index (χ0n) is 13.0. The summed E-state index contributed by atoms with van der Waals surface area (Å²) in [6, 6.07) is 10.9. The molecule has 0 aliphatic heterocycles. The summed E-state index contributed by atoms with van der Waals surface area (Å²) in [6.45, 7) is 4.02. The number of amides is 1. The van der Waals surface area contributed by atoms with E-state index in [4.69, 9.17) is 0 Å². The summed E-state index contributed by atoms with van der Waals surface area (Å²) in [5.74, 6) is -0.251. The van der Waals surface area contributed by atoms with Gasteiger partial charge in [0.2, 0.25) is 5.91 Å². The van der Waals surface area contributed by atoms with E-state index in [2.05, 4.69) is 15.7 Å². The molecule has 3 aromatic rings. The number of aryl methyl sites for hydroxylation is 3. The van der Waals surface area contributed by atoms with Crippen LogP contribution in [0, 0.1) is 13.8 Å². The van der Waals surface area contributed by atoms with Gasteiger partial charge in [-0.15, -0.1) is 5.10 Å². The molecule has 1 N–H and O–H groups in total. The Morgan fingerprint density at radius 3 is 2.78 bits per heavy atom. The summed E-state index contributed by atoms with van der Waals surface area (Å²) in [7, 11) is 0. The third kappa shape index (κ3) is 3.13. The SMILES string of the molecule is Cc1cc(C)n(NC(=O)CCn2nnc3ccccc32)c(=O)c1. The van der Waals surface area contributed by atoms with Crippen LogP contribution in [0.5, 0.6) is 0 Å². The molecule has 0 fully saturated rings. The summed E-state index contributed by atoms with van der Waals surface area (Å²) >= 11 is 0. The summed E-state index contributed by atoms with van der Waals surface area (Å²) in [5, 5.41) is 8.08. The number of pyridine rings is 1. The molecule has 0 radical (unpaired) electrons. The van der Waals surface area contributed by atoms with Crippen molar-refractivity contribution < 1.29 is 4.79 Å². The second-order valence-electron chi connectivity index (χ2n) is 5.43. The average Bonchev–Trinajstić information content (AvgIpc) is 2.92. The van der Waals surface area contributed by atoms with E-state index in [-0.39, 0.29) is 17.9 Å². The van der Waals surface area contributed by atoms with Crippen LogP contribution in [-0.4, -0.2) is 25.6 Å². The number of para-hydroxylation sites is 1. The van der Waals surface area contributed by atoms with E-state index in [0.717, 1.165) is 16.6 Å². The molecule has 0 aliphatic rings.